The molecule has 1 spiro atoms. The van der Waals surface area contributed by atoms with Gasteiger partial charge in [-0.2, -0.15) is 0 Å². The summed E-state index contributed by atoms with van der Waals surface area (Å²) in [5.74, 6) is 1.44. The van der Waals surface area contributed by atoms with Crippen LogP contribution in [-0.2, 0) is 4.79 Å². The Labute approximate surface area is 99.9 Å². The highest BCUT2D eigenvalue weighted by molar-refractivity contribution is 6.01. The highest BCUT2D eigenvalue weighted by Gasteiger charge is 2.46. The molecule has 0 radical (unpaired) electrons. The van der Waals surface area contributed by atoms with E-state index < -0.39 is 5.60 Å². The molecule has 0 atom stereocenters. The molecule has 0 aromatic heterocycles. The van der Waals surface area contributed by atoms with Gasteiger partial charge in [0.05, 0.1) is 12.8 Å². The Morgan fingerprint density at radius 3 is 2.82 bits per heavy atom. The second-order valence-corrected chi connectivity index (χ2v) is 4.62. The van der Waals surface area contributed by atoms with Gasteiger partial charge in [0.15, 0.2) is 5.60 Å². The minimum absolute atomic E-state index is 0.0178. The quantitative estimate of drug-likeness (QED) is 0.809. The zero-order valence-corrected chi connectivity index (χ0v) is 9.79. The Balaban J connectivity index is 1.97. The molecule has 1 saturated carbocycles. The summed E-state index contributed by atoms with van der Waals surface area (Å²) in [7, 11) is 1.60. The molecule has 4 heteroatoms. The van der Waals surface area contributed by atoms with Crippen molar-refractivity contribution < 1.29 is 14.3 Å². The molecule has 3 rings (SSSR count). The highest BCUT2D eigenvalue weighted by atomic mass is 16.5. The zero-order valence-electron chi connectivity index (χ0n) is 9.79. The maximum atomic E-state index is 12.1. The van der Waals surface area contributed by atoms with Crippen molar-refractivity contribution >= 4 is 11.6 Å². The van der Waals surface area contributed by atoms with Crippen LogP contribution >= 0.6 is 0 Å². The second kappa shape index (κ2) is 3.65. The summed E-state index contributed by atoms with van der Waals surface area (Å²) in [4.78, 5) is 12.1. The first-order valence-electron chi connectivity index (χ1n) is 5.92. The Bertz CT molecular complexity index is 464. The van der Waals surface area contributed by atoms with E-state index in [2.05, 4.69) is 5.32 Å². The summed E-state index contributed by atoms with van der Waals surface area (Å²) in [5, 5.41) is 2.92. The summed E-state index contributed by atoms with van der Waals surface area (Å²) < 4.78 is 11.1. The molecule has 1 heterocycles. The Morgan fingerprint density at radius 1 is 1.35 bits per heavy atom. The summed E-state index contributed by atoms with van der Waals surface area (Å²) in [6.07, 6.45) is 3.73. The third-order valence-electron chi connectivity index (χ3n) is 3.57. The van der Waals surface area contributed by atoms with Gasteiger partial charge in [0.2, 0.25) is 0 Å². The van der Waals surface area contributed by atoms with Crippen LogP contribution in [0.4, 0.5) is 5.69 Å². The van der Waals surface area contributed by atoms with Crippen molar-refractivity contribution in [1.82, 2.24) is 0 Å². The van der Waals surface area contributed by atoms with Crippen molar-refractivity contribution in [2.45, 2.75) is 31.3 Å². The molecule has 1 aliphatic carbocycles. The van der Waals surface area contributed by atoms with Crippen molar-refractivity contribution in [1.29, 1.82) is 0 Å². The van der Waals surface area contributed by atoms with Crippen LogP contribution in [0.15, 0.2) is 18.2 Å². The molecule has 4 nitrogen and oxygen atoms in total. The summed E-state index contributed by atoms with van der Waals surface area (Å²) in [6, 6.07) is 5.49. The van der Waals surface area contributed by atoms with Gasteiger partial charge in [-0.25, -0.2) is 0 Å². The standard InChI is InChI=1S/C13H15NO3/c1-16-9-4-5-11-10(8-9)14-12(15)13(17-11)6-2-3-7-13/h4-5,8H,2-3,6-7H2,1H3,(H,14,15). The smallest absolute Gasteiger partial charge is 0.268 e. The number of ether oxygens (including phenoxy) is 2. The van der Waals surface area contributed by atoms with E-state index in [-0.39, 0.29) is 5.91 Å². The largest absolute Gasteiger partial charge is 0.497 e. The lowest BCUT2D eigenvalue weighted by Gasteiger charge is -2.34. The lowest BCUT2D eigenvalue weighted by Crippen LogP contribution is -2.48. The first-order chi connectivity index (χ1) is 8.23. The predicted octanol–water partition coefficient (Wildman–Crippen LogP) is 2.34. The number of carbonyl (C=O) groups excluding carboxylic acids is 1. The van der Waals surface area contributed by atoms with E-state index in [4.69, 9.17) is 9.47 Å². The van der Waals surface area contributed by atoms with E-state index in [0.29, 0.717) is 5.69 Å². The molecular weight excluding hydrogens is 218 g/mol. The summed E-state index contributed by atoms with van der Waals surface area (Å²) in [5.41, 5.74) is 0.0774. The molecule has 1 N–H and O–H groups in total. The third-order valence-corrected chi connectivity index (χ3v) is 3.57. The average molecular weight is 233 g/mol. The topological polar surface area (TPSA) is 47.6 Å². The van der Waals surface area contributed by atoms with Gasteiger partial charge >= 0.3 is 0 Å². The van der Waals surface area contributed by atoms with Crippen LogP contribution in [0.5, 0.6) is 11.5 Å². The first kappa shape index (κ1) is 10.4. The number of amides is 1. The van der Waals surface area contributed by atoms with E-state index in [1.54, 1.807) is 13.2 Å². The molecule has 1 aromatic rings. The molecule has 2 aliphatic rings. The lowest BCUT2D eigenvalue weighted by molar-refractivity contribution is -0.131. The number of carbonyl (C=O) groups is 1. The van der Waals surface area contributed by atoms with Crippen LogP contribution in [-0.4, -0.2) is 18.6 Å². The van der Waals surface area contributed by atoms with Gasteiger partial charge in [0.1, 0.15) is 11.5 Å². The molecule has 0 bridgehead atoms. The van der Waals surface area contributed by atoms with E-state index in [0.717, 1.165) is 37.2 Å². The van der Waals surface area contributed by atoms with E-state index >= 15 is 0 Å². The zero-order chi connectivity index (χ0) is 11.9. The average Bonchev–Trinajstić information content (AvgIpc) is 2.80. The second-order valence-electron chi connectivity index (χ2n) is 4.62. The van der Waals surface area contributed by atoms with Crippen LogP contribution in [0, 0.1) is 0 Å². The Hall–Kier alpha value is -1.71. The normalized spacial score (nSPS) is 20.6. The molecule has 1 fully saturated rings. The highest BCUT2D eigenvalue weighted by Crippen LogP contribution is 2.42. The SMILES string of the molecule is COc1ccc2c(c1)NC(=O)C1(CCCC1)O2. The van der Waals surface area contributed by atoms with Crippen LogP contribution < -0.4 is 14.8 Å². The number of methoxy groups -OCH3 is 1. The van der Waals surface area contributed by atoms with Crippen LogP contribution in [0.1, 0.15) is 25.7 Å². The molecule has 1 amide bonds. The van der Waals surface area contributed by atoms with Crippen LogP contribution in [0.3, 0.4) is 0 Å². The number of anilines is 1. The van der Waals surface area contributed by atoms with Gasteiger partial charge < -0.3 is 14.8 Å². The third kappa shape index (κ3) is 1.55. The lowest BCUT2D eigenvalue weighted by atomic mass is 9.98. The number of benzene rings is 1. The van der Waals surface area contributed by atoms with Gasteiger partial charge in [-0.05, 0) is 37.8 Å². The predicted molar refractivity (Wildman–Crippen MR) is 63.5 cm³/mol. The summed E-state index contributed by atoms with van der Waals surface area (Å²) in [6.45, 7) is 0. The van der Waals surface area contributed by atoms with Gasteiger partial charge in [-0.15, -0.1) is 0 Å². The maximum Gasteiger partial charge on any atom is 0.268 e. The summed E-state index contributed by atoms with van der Waals surface area (Å²) >= 11 is 0. The van der Waals surface area contributed by atoms with Gasteiger partial charge in [-0.3, -0.25) is 4.79 Å². The number of hydrogen-bond donors (Lipinski definition) is 1. The van der Waals surface area contributed by atoms with Crippen LogP contribution in [0.25, 0.3) is 0 Å². The minimum Gasteiger partial charge on any atom is -0.497 e. The first-order valence-corrected chi connectivity index (χ1v) is 5.92. The Kier molecular flexibility index (Phi) is 2.24. The number of hydrogen-bond acceptors (Lipinski definition) is 3. The molecular formula is C13H15NO3. The molecule has 0 unspecified atom stereocenters. The number of nitrogens with one attached hydrogen (secondary N) is 1. The van der Waals surface area contributed by atoms with E-state index in [9.17, 15) is 4.79 Å². The fourth-order valence-electron chi connectivity index (χ4n) is 2.59. The molecule has 17 heavy (non-hydrogen) atoms. The van der Waals surface area contributed by atoms with Crippen molar-refractivity contribution in [3.8, 4) is 11.5 Å². The maximum absolute atomic E-state index is 12.1. The number of fused-ring (bicyclic) bond motifs is 1. The molecule has 0 saturated heterocycles. The van der Waals surface area contributed by atoms with Crippen molar-refractivity contribution in [2.75, 3.05) is 12.4 Å². The fourth-order valence-corrected chi connectivity index (χ4v) is 2.59. The Morgan fingerprint density at radius 2 is 2.12 bits per heavy atom. The molecule has 1 aromatic carbocycles. The number of rotatable bonds is 1. The molecule has 1 aliphatic heterocycles. The van der Waals surface area contributed by atoms with E-state index in [1.807, 2.05) is 12.1 Å². The monoisotopic (exact) mass is 233 g/mol. The van der Waals surface area contributed by atoms with Crippen LogP contribution in [0.2, 0.25) is 0 Å². The van der Waals surface area contributed by atoms with E-state index in [1.165, 1.54) is 0 Å². The van der Waals surface area contributed by atoms with Gasteiger partial charge in [0, 0.05) is 6.07 Å². The van der Waals surface area contributed by atoms with Gasteiger partial charge in [-0.1, -0.05) is 0 Å². The van der Waals surface area contributed by atoms with Crippen molar-refractivity contribution in [3.05, 3.63) is 18.2 Å². The van der Waals surface area contributed by atoms with Crippen molar-refractivity contribution in [2.24, 2.45) is 0 Å². The fraction of sp³-hybridized carbons (Fsp3) is 0.462. The molecule has 90 valence electrons. The van der Waals surface area contributed by atoms with Crippen molar-refractivity contribution in [3.63, 3.8) is 0 Å². The van der Waals surface area contributed by atoms with Gasteiger partial charge in [0.25, 0.3) is 5.91 Å². The minimum atomic E-state index is -0.623.